The van der Waals surface area contributed by atoms with E-state index in [2.05, 4.69) is 20.6 Å². The van der Waals surface area contributed by atoms with Crippen molar-refractivity contribution >= 4 is 16.7 Å². The number of aryl methyl sites for hydroxylation is 1. The summed E-state index contributed by atoms with van der Waals surface area (Å²) in [4.78, 5) is 24.7. The Balaban J connectivity index is 2.35. The first-order chi connectivity index (χ1) is 10.5. The lowest BCUT2D eigenvalue weighted by Crippen LogP contribution is -2.25. The second-order valence-electron chi connectivity index (χ2n) is 4.55. The van der Waals surface area contributed by atoms with Crippen LogP contribution < -0.4 is 10.3 Å². The van der Waals surface area contributed by atoms with Crippen LogP contribution in [0, 0.1) is 0 Å². The van der Waals surface area contributed by atoms with Crippen molar-refractivity contribution < 1.29 is 14.6 Å². The number of carbonyl (C=O) groups excluding carboxylic acids is 1. The topological polar surface area (TPSA) is 123 Å². The van der Waals surface area contributed by atoms with E-state index in [1.807, 2.05) is 0 Å². The first kappa shape index (κ1) is 13.7. The predicted molar refractivity (Wildman–Crippen MR) is 75.0 cm³/mol. The number of hydrogen-bond donors (Lipinski definition) is 2. The van der Waals surface area contributed by atoms with Crippen LogP contribution in [0.2, 0.25) is 0 Å². The molecular formula is C13H11N5O4. The fourth-order valence-electron chi connectivity index (χ4n) is 2.22. The van der Waals surface area contributed by atoms with Gasteiger partial charge in [0, 0.05) is 12.4 Å². The van der Waals surface area contributed by atoms with Gasteiger partial charge in [0.25, 0.3) is 5.56 Å². The molecule has 3 rings (SSSR count). The molecule has 1 aromatic carbocycles. The molecule has 0 unspecified atom stereocenters. The summed E-state index contributed by atoms with van der Waals surface area (Å²) in [5.41, 5.74) is -0.575. The number of benzene rings is 1. The molecule has 2 heterocycles. The molecule has 0 saturated carbocycles. The Labute approximate surface area is 123 Å². The average Bonchev–Trinajstić information content (AvgIpc) is 3.06. The number of ether oxygens (including phenoxy) is 1. The molecule has 0 amide bonds. The number of tetrazole rings is 1. The minimum atomic E-state index is -0.784. The van der Waals surface area contributed by atoms with Crippen LogP contribution in [-0.4, -0.2) is 43.2 Å². The molecule has 0 aliphatic heterocycles. The van der Waals surface area contributed by atoms with Gasteiger partial charge in [-0.2, -0.15) is 0 Å². The van der Waals surface area contributed by atoms with Crippen molar-refractivity contribution in [2.45, 2.75) is 0 Å². The fourth-order valence-corrected chi connectivity index (χ4v) is 2.22. The van der Waals surface area contributed by atoms with Crippen molar-refractivity contribution in [2.24, 2.45) is 7.05 Å². The van der Waals surface area contributed by atoms with Gasteiger partial charge < -0.3 is 14.4 Å². The Kier molecular flexibility index (Phi) is 3.09. The van der Waals surface area contributed by atoms with E-state index in [9.17, 15) is 14.7 Å². The van der Waals surface area contributed by atoms with E-state index >= 15 is 0 Å². The third kappa shape index (κ3) is 1.91. The van der Waals surface area contributed by atoms with Crippen LogP contribution in [0.1, 0.15) is 16.2 Å². The number of rotatable bonds is 3. The van der Waals surface area contributed by atoms with Gasteiger partial charge in [-0.25, -0.2) is 5.10 Å². The first-order valence-electron chi connectivity index (χ1n) is 6.22. The van der Waals surface area contributed by atoms with Crippen molar-refractivity contribution in [1.29, 1.82) is 0 Å². The molecule has 3 aromatic rings. The number of hydrogen-bond acceptors (Lipinski definition) is 7. The van der Waals surface area contributed by atoms with E-state index < -0.39 is 22.7 Å². The van der Waals surface area contributed by atoms with E-state index in [0.29, 0.717) is 16.7 Å². The minimum Gasteiger partial charge on any atom is -0.506 e. The number of fused-ring (bicyclic) bond motifs is 1. The van der Waals surface area contributed by atoms with Crippen LogP contribution in [0.25, 0.3) is 10.9 Å². The van der Waals surface area contributed by atoms with E-state index in [0.717, 1.165) is 0 Å². The molecule has 9 heteroatoms. The second kappa shape index (κ2) is 4.95. The second-order valence-corrected chi connectivity index (χ2v) is 4.55. The van der Waals surface area contributed by atoms with Gasteiger partial charge >= 0.3 is 0 Å². The number of aromatic amines is 1. The molecule has 9 nitrogen and oxygen atoms in total. The highest BCUT2D eigenvalue weighted by molar-refractivity contribution is 6.10. The van der Waals surface area contributed by atoms with Gasteiger partial charge in [0.15, 0.2) is 0 Å². The summed E-state index contributed by atoms with van der Waals surface area (Å²) in [5, 5.41) is 23.0. The Bertz CT molecular complexity index is 930. The standard InChI is InChI=1S/C13H11N5O4/c1-18-8-4-3-6(22-2)5-7(8)10(19)9(13(18)21)11(20)12-14-16-17-15-12/h3-5,19H,1-2H3,(H,14,15,16,17). The number of aromatic hydroxyl groups is 1. The molecule has 0 radical (unpaired) electrons. The van der Waals surface area contributed by atoms with Gasteiger partial charge in [-0.15, -0.1) is 5.10 Å². The maximum absolute atomic E-state index is 12.4. The summed E-state index contributed by atoms with van der Waals surface area (Å²) in [7, 11) is 2.98. The van der Waals surface area contributed by atoms with Crippen molar-refractivity contribution in [3.63, 3.8) is 0 Å². The van der Waals surface area contributed by atoms with E-state index in [4.69, 9.17) is 4.74 Å². The highest BCUT2D eigenvalue weighted by Gasteiger charge is 2.24. The molecule has 22 heavy (non-hydrogen) atoms. The van der Waals surface area contributed by atoms with Gasteiger partial charge in [0.1, 0.15) is 17.1 Å². The number of aromatic nitrogens is 5. The van der Waals surface area contributed by atoms with E-state index in [1.165, 1.54) is 18.7 Å². The fraction of sp³-hybridized carbons (Fsp3) is 0.154. The number of H-pyrrole nitrogens is 1. The zero-order chi connectivity index (χ0) is 15.9. The van der Waals surface area contributed by atoms with Crippen molar-refractivity contribution in [2.75, 3.05) is 7.11 Å². The zero-order valence-electron chi connectivity index (χ0n) is 11.7. The number of nitrogens with one attached hydrogen (secondary N) is 1. The van der Waals surface area contributed by atoms with Crippen LogP contribution >= 0.6 is 0 Å². The SMILES string of the molecule is COc1ccc2c(c1)c(O)c(C(=O)c1nnn[nH]1)c(=O)n2C. The third-order valence-electron chi connectivity index (χ3n) is 3.36. The largest absolute Gasteiger partial charge is 0.506 e. The lowest BCUT2D eigenvalue weighted by atomic mass is 10.1. The van der Waals surface area contributed by atoms with E-state index in [1.54, 1.807) is 18.2 Å². The summed E-state index contributed by atoms with van der Waals surface area (Å²) in [6.07, 6.45) is 0. The molecule has 0 spiro atoms. The summed E-state index contributed by atoms with van der Waals surface area (Å²) < 4.78 is 6.37. The number of methoxy groups -OCH3 is 1. The number of pyridine rings is 1. The molecule has 0 aliphatic carbocycles. The maximum Gasteiger partial charge on any atom is 0.265 e. The number of nitrogens with zero attached hydrogens (tertiary/aromatic N) is 4. The smallest absolute Gasteiger partial charge is 0.265 e. The zero-order valence-corrected chi connectivity index (χ0v) is 11.7. The van der Waals surface area contributed by atoms with Crippen molar-refractivity contribution in [1.82, 2.24) is 25.2 Å². The summed E-state index contributed by atoms with van der Waals surface area (Å²) in [6.45, 7) is 0. The Hall–Kier alpha value is -3.23. The molecule has 2 N–H and O–H groups in total. The Morgan fingerprint density at radius 2 is 2.18 bits per heavy atom. The number of ketones is 1. The Morgan fingerprint density at radius 3 is 2.82 bits per heavy atom. The number of carbonyl (C=O) groups is 1. The van der Waals surface area contributed by atoms with Crippen LogP contribution in [0.15, 0.2) is 23.0 Å². The summed E-state index contributed by atoms with van der Waals surface area (Å²) in [5.74, 6) is -0.956. The summed E-state index contributed by atoms with van der Waals surface area (Å²) >= 11 is 0. The lowest BCUT2D eigenvalue weighted by molar-refractivity contribution is 0.102. The maximum atomic E-state index is 12.4. The normalized spacial score (nSPS) is 10.8. The molecule has 0 saturated heterocycles. The minimum absolute atomic E-state index is 0.227. The highest BCUT2D eigenvalue weighted by Crippen LogP contribution is 2.30. The Morgan fingerprint density at radius 1 is 1.41 bits per heavy atom. The van der Waals surface area contributed by atoms with Crippen molar-refractivity contribution in [3.05, 3.63) is 39.9 Å². The van der Waals surface area contributed by atoms with Gasteiger partial charge in [0.2, 0.25) is 11.6 Å². The van der Waals surface area contributed by atoms with Crippen molar-refractivity contribution in [3.8, 4) is 11.5 Å². The molecule has 112 valence electrons. The molecular weight excluding hydrogens is 290 g/mol. The van der Waals surface area contributed by atoms with Crippen LogP contribution in [-0.2, 0) is 7.05 Å². The average molecular weight is 301 g/mol. The quantitative estimate of drug-likeness (QED) is 0.652. The monoisotopic (exact) mass is 301 g/mol. The highest BCUT2D eigenvalue weighted by atomic mass is 16.5. The molecule has 0 aliphatic rings. The predicted octanol–water partition coefficient (Wildman–Crippen LogP) is -0.00320. The molecule has 2 aromatic heterocycles. The summed E-state index contributed by atoms with van der Waals surface area (Å²) in [6, 6.07) is 4.82. The van der Waals surface area contributed by atoms with Crippen LogP contribution in [0.3, 0.4) is 0 Å². The van der Waals surface area contributed by atoms with Gasteiger partial charge in [-0.3, -0.25) is 9.59 Å². The van der Waals surface area contributed by atoms with Gasteiger partial charge in [0.05, 0.1) is 12.6 Å². The van der Waals surface area contributed by atoms with Crippen LogP contribution in [0.4, 0.5) is 0 Å². The van der Waals surface area contributed by atoms with Gasteiger partial charge in [-0.1, -0.05) is 0 Å². The molecule has 0 fully saturated rings. The van der Waals surface area contributed by atoms with Gasteiger partial charge in [-0.05, 0) is 28.6 Å². The lowest BCUT2D eigenvalue weighted by Gasteiger charge is -2.11. The molecule has 0 atom stereocenters. The molecule has 0 bridgehead atoms. The van der Waals surface area contributed by atoms with E-state index in [-0.39, 0.29) is 5.82 Å². The first-order valence-corrected chi connectivity index (χ1v) is 6.22. The third-order valence-corrected chi connectivity index (χ3v) is 3.36. The van der Waals surface area contributed by atoms with Crippen LogP contribution in [0.5, 0.6) is 11.5 Å².